The average Bonchev–Trinajstić information content (AvgIpc) is 2.89. The van der Waals surface area contributed by atoms with Crippen molar-refractivity contribution < 1.29 is 19.1 Å². The van der Waals surface area contributed by atoms with Crippen LogP contribution in [0, 0.1) is 0 Å². The topological polar surface area (TPSA) is 76.7 Å². The number of nitrogens with one attached hydrogen (secondary N) is 2. The lowest BCUT2D eigenvalue weighted by molar-refractivity contribution is -0.118. The monoisotopic (exact) mass is 466 g/mol. The maximum absolute atomic E-state index is 12.8. The summed E-state index contributed by atoms with van der Waals surface area (Å²) in [5.41, 5.74) is 4.10. The van der Waals surface area contributed by atoms with Gasteiger partial charge in [-0.25, -0.2) is 0 Å². The lowest BCUT2D eigenvalue weighted by Gasteiger charge is -2.12. The molecule has 6 heteroatoms. The lowest BCUT2D eigenvalue weighted by atomic mass is 10.0. The van der Waals surface area contributed by atoms with Crippen molar-refractivity contribution in [3.05, 3.63) is 120 Å². The summed E-state index contributed by atoms with van der Waals surface area (Å²) >= 11 is 0. The zero-order valence-electron chi connectivity index (χ0n) is 19.4. The molecule has 0 atom stereocenters. The van der Waals surface area contributed by atoms with Gasteiger partial charge in [0.1, 0.15) is 11.5 Å². The van der Waals surface area contributed by atoms with Crippen LogP contribution in [0.3, 0.4) is 0 Å². The summed E-state index contributed by atoms with van der Waals surface area (Å²) in [6.45, 7) is -0.157. The third-order valence-electron chi connectivity index (χ3n) is 5.34. The van der Waals surface area contributed by atoms with Gasteiger partial charge in [-0.15, -0.1) is 0 Å². The van der Waals surface area contributed by atoms with Crippen molar-refractivity contribution in [2.45, 2.75) is 6.42 Å². The maximum Gasteiger partial charge on any atom is 0.262 e. The lowest BCUT2D eigenvalue weighted by Crippen LogP contribution is -2.20. The highest BCUT2D eigenvalue weighted by atomic mass is 16.5. The molecule has 0 spiro atoms. The van der Waals surface area contributed by atoms with Crippen molar-refractivity contribution in [1.29, 1.82) is 0 Å². The summed E-state index contributed by atoms with van der Waals surface area (Å²) < 4.78 is 10.7. The van der Waals surface area contributed by atoms with Crippen molar-refractivity contribution in [1.82, 2.24) is 0 Å². The summed E-state index contributed by atoms with van der Waals surface area (Å²) in [6.07, 6.45) is 0.724. The van der Waals surface area contributed by atoms with Crippen LogP contribution < -0.4 is 20.1 Å². The van der Waals surface area contributed by atoms with E-state index >= 15 is 0 Å². The highest BCUT2D eigenvalue weighted by molar-refractivity contribution is 6.04. The molecule has 0 saturated carbocycles. The molecule has 2 N–H and O–H groups in total. The summed E-state index contributed by atoms with van der Waals surface area (Å²) in [7, 11) is 1.57. The first kappa shape index (κ1) is 23.6. The number of amides is 2. The van der Waals surface area contributed by atoms with Crippen LogP contribution in [0.4, 0.5) is 11.4 Å². The van der Waals surface area contributed by atoms with Gasteiger partial charge >= 0.3 is 0 Å². The first-order valence-corrected chi connectivity index (χ1v) is 11.2. The Bertz CT molecular complexity index is 1290. The summed E-state index contributed by atoms with van der Waals surface area (Å²) in [6, 6.07) is 31.7. The minimum atomic E-state index is -0.296. The SMILES string of the molecule is COc1cccc(NC(=O)COc2ccc(C(=O)Nc3ccccc3Cc3ccccc3)cc2)c1. The Kier molecular flexibility index (Phi) is 7.76. The Morgan fingerprint density at radius 2 is 1.49 bits per heavy atom. The fourth-order valence-electron chi connectivity index (χ4n) is 3.56. The molecule has 0 aliphatic carbocycles. The van der Waals surface area contributed by atoms with Gasteiger partial charge in [0.15, 0.2) is 6.61 Å². The van der Waals surface area contributed by atoms with Crippen molar-refractivity contribution >= 4 is 23.2 Å². The van der Waals surface area contributed by atoms with E-state index in [-0.39, 0.29) is 18.4 Å². The van der Waals surface area contributed by atoms with Crippen LogP contribution in [0.15, 0.2) is 103 Å². The highest BCUT2D eigenvalue weighted by Gasteiger charge is 2.11. The molecular formula is C29H26N2O4. The number of hydrogen-bond acceptors (Lipinski definition) is 4. The van der Waals surface area contributed by atoms with Gasteiger partial charge in [-0.3, -0.25) is 9.59 Å². The summed E-state index contributed by atoms with van der Waals surface area (Å²) in [5, 5.41) is 5.76. The highest BCUT2D eigenvalue weighted by Crippen LogP contribution is 2.21. The first-order chi connectivity index (χ1) is 17.1. The predicted octanol–water partition coefficient (Wildman–Crippen LogP) is 5.56. The molecule has 176 valence electrons. The Labute approximate surface area is 204 Å². The van der Waals surface area contributed by atoms with E-state index in [2.05, 4.69) is 22.8 Å². The molecule has 0 unspecified atom stereocenters. The number of carbonyl (C=O) groups is 2. The molecule has 0 radical (unpaired) electrons. The number of para-hydroxylation sites is 1. The van der Waals surface area contributed by atoms with Crippen molar-refractivity contribution in [2.24, 2.45) is 0 Å². The number of rotatable bonds is 9. The molecule has 4 aromatic carbocycles. The second-order valence-electron chi connectivity index (χ2n) is 7.87. The average molecular weight is 467 g/mol. The molecule has 0 aromatic heterocycles. The van der Waals surface area contributed by atoms with Gasteiger partial charge in [0.25, 0.3) is 11.8 Å². The Balaban J connectivity index is 1.32. The summed E-state index contributed by atoms with van der Waals surface area (Å²) in [5.74, 6) is 0.634. The number of hydrogen-bond donors (Lipinski definition) is 2. The molecular weight excluding hydrogens is 440 g/mol. The molecule has 0 bridgehead atoms. The minimum absolute atomic E-state index is 0.157. The van der Waals surface area contributed by atoms with Crippen LogP contribution >= 0.6 is 0 Å². The second-order valence-corrected chi connectivity index (χ2v) is 7.87. The van der Waals surface area contributed by atoms with Crippen molar-refractivity contribution in [3.8, 4) is 11.5 Å². The van der Waals surface area contributed by atoms with Crippen LogP contribution in [0.25, 0.3) is 0 Å². The Hall–Kier alpha value is -4.58. The number of benzene rings is 4. The molecule has 0 fully saturated rings. The fraction of sp³-hybridized carbons (Fsp3) is 0.103. The minimum Gasteiger partial charge on any atom is -0.497 e. The normalized spacial score (nSPS) is 10.3. The molecule has 2 amide bonds. The number of methoxy groups -OCH3 is 1. The van der Waals surface area contributed by atoms with E-state index in [1.54, 1.807) is 55.6 Å². The van der Waals surface area contributed by atoms with E-state index in [0.29, 0.717) is 22.7 Å². The fourth-order valence-corrected chi connectivity index (χ4v) is 3.56. The summed E-state index contributed by atoms with van der Waals surface area (Å²) in [4.78, 5) is 25.0. The van der Waals surface area contributed by atoms with Gasteiger partial charge in [0, 0.05) is 23.0 Å². The van der Waals surface area contributed by atoms with Crippen molar-refractivity contribution in [3.63, 3.8) is 0 Å². The molecule has 4 aromatic rings. The number of ether oxygens (including phenoxy) is 2. The van der Waals surface area contributed by atoms with Gasteiger partial charge in [0.05, 0.1) is 7.11 Å². The smallest absolute Gasteiger partial charge is 0.262 e. The van der Waals surface area contributed by atoms with E-state index < -0.39 is 0 Å². The zero-order valence-corrected chi connectivity index (χ0v) is 19.4. The third kappa shape index (κ3) is 6.71. The van der Waals surface area contributed by atoms with Crippen LogP contribution in [0.5, 0.6) is 11.5 Å². The number of anilines is 2. The molecule has 35 heavy (non-hydrogen) atoms. The molecule has 0 aliphatic rings. The van der Waals surface area contributed by atoms with Gasteiger partial charge in [-0.2, -0.15) is 0 Å². The van der Waals surface area contributed by atoms with Crippen LogP contribution in [0.2, 0.25) is 0 Å². The van der Waals surface area contributed by atoms with Crippen LogP contribution in [-0.4, -0.2) is 25.5 Å². The standard InChI is InChI=1S/C29H26N2O4/c1-34-26-12-7-11-24(19-26)30-28(32)20-35-25-16-14-22(15-17-25)29(33)31-27-13-6-5-10-23(27)18-21-8-3-2-4-9-21/h2-17,19H,18,20H2,1H3,(H,30,32)(H,31,33). The van der Waals surface area contributed by atoms with Crippen LogP contribution in [0.1, 0.15) is 21.5 Å². The Morgan fingerprint density at radius 1 is 0.743 bits per heavy atom. The molecule has 0 aliphatic heterocycles. The Morgan fingerprint density at radius 3 is 2.26 bits per heavy atom. The van der Waals surface area contributed by atoms with E-state index in [0.717, 1.165) is 17.7 Å². The zero-order chi connectivity index (χ0) is 24.5. The van der Waals surface area contributed by atoms with Crippen LogP contribution in [-0.2, 0) is 11.2 Å². The largest absolute Gasteiger partial charge is 0.497 e. The van der Waals surface area contributed by atoms with E-state index in [1.165, 1.54) is 5.56 Å². The molecule has 0 heterocycles. The van der Waals surface area contributed by atoms with E-state index in [9.17, 15) is 9.59 Å². The van der Waals surface area contributed by atoms with Gasteiger partial charge in [-0.05, 0) is 60.0 Å². The quantitative estimate of drug-likeness (QED) is 0.339. The number of carbonyl (C=O) groups excluding carboxylic acids is 2. The first-order valence-electron chi connectivity index (χ1n) is 11.2. The molecule has 4 rings (SSSR count). The van der Waals surface area contributed by atoms with E-state index in [1.807, 2.05) is 42.5 Å². The third-order valence-corrected chi connectivity index (χ3v) is 5.34. The van der Waals surface area contributed by atoms with Gasteiger partial charge in [0.2, 0.25) is 0 Å². The van der Waals surface area contributed by atoms with Crippen molar-refractivity contribution in [2.75, 3.05) is 24.4 Å². The molecule has 0 saturated heterocycles. The predicted molar refractivity (Wildman–Crippen MR) is 137 cm³/mol. The maximum atomic E-state index is 12.8. The van der Waals surface area contributed by atoms with Gasteiger partial charge < -0.3 is 20.1 Å². The molecule has 6 nitrogen and oxygen atoms in total. The van der Waals surface area contributed by atoms with Gasteiger partial charge in [-0.1, -0.05) is 54.6 Å². The second kappa shape index (κ2) is 11.5. The van der Waals surface area contributed by atoms with E-state index in [4.69, 9.17) is 9.47 Å².